The Balaban J connectivity index is 0.000000169. The lowest BCUT2D eigenvalue weighted by atomic mass is 9.93. The maximum atomic E-state index is 2.75. The second kappa shape index (κ2) is 8.31. The Kier molecular flexibility index (Phi) is 6.28. The molecule has 1 saturated carbocycles. The molecule has 18 heavy (non-hydrogen) atoms. The van der Waals surface area contributed by atoms with Crippen molar-refractivity contribution in [1.82, 2.24) is 4.90 Å². The van der Waals surface area contributed by atoms with Gasteiger partial charge in [0.15, 0.2) is 0 Å². The molecule has 0 radical (unpaired) electrons. The number of likely N-dealkylation sites (tertiary alicyclic amines) is 1. The third-order valence-electron chi connectivity index (χ3n) is 4.15. The molecular weight excluding hydrogens is 218 g/mol. The van der Waals surface area contributed by atoms with Crippen molar-refractivity contribution in [3.05, 3.63) is 36.4 Å². The quantitative estimate of drug-likeness (QED) is 0.704. The smallest absolute Gasteiger partial charge is 0.00952 e. The van der Waals surface area contributed by atoms with Crippen LogP contribution in [0, 0.1) is 0 Å². The van der Waals surface area contributed by atoms with Gasteiger partial charge in [-0.3, -0.25) is 0 Å². The van der Waals surface area contributed by atoms with Crippen LogP contribution in [0.15, 0.2) is 36.4 Å². The van der Waals surface area contributed by atoms with E-state index >= 15 is 0 Å². The number of benzene rings is 1. The van der Waals surface area contributed by atoms with Crippen LogP contribution in [0.3, 0.4) is 0 Å². The normalized spacial score (nSPS) is 22.0. The van der Waals surface area contributed by atoms with Crippen molar-refractivity contribution >= 4 is 0 Å². The Labute approximate surface area is 112 Å². The second-order valence-electron chi connectivity index (χ2n) is 5.54. The van der Waals surface area contributed by atoms with Gasteiger partial charge in [0.25, 0.3) is 0 Å². The second-order valence-corrected chi connectivity index (χ2v) is 5.54. The van der Waals surface area contributed by atoms with Crippen molar-refractivity contribution in [2.75, 3.05) is 13.1 Å². The van der Waals surface area contributed by atoms with Gasteiger partial charge in [0.05, 0.1) is 0 Å². The van der Waals surface area contributed by atoms with Gasteiger partial charge < -0.3 is 4.90 Å². The summed E-state index contributed by atoms with van der Waals surface area (Å²) >= 11 is 0. The summed E-state index contributed by atoms with van der Waals surface area (Å²) < 4.78 is 0. The fraction of sp³-hybridized carbons (Fsp3) is 0.647. The van der Waals surface area contributed by atoms with Crippen molar-refractivity contribution in [3.8, 4) is 0 Å². The van der Waals surface area contributed by atoms with Crippen LogP contribution >= 0.6 is 0 Å². The molecule has 100 valence electrons. The topological polar surface area (TPSA) is 3.24 Å². The van der Waals surface area contributed by atoms with E-state index in [9.17, 15) is 0 Å². The van der Waals surface area contributed by atoms with E-state index in [2.05, 4.69) is 4.90 Å². The van der Waals surface area contributed by atoms with Crippen molar-refractivity contribution in [1.29, 1.82) is 0 Å². The summed E-state index contributed by atoms with van der Waals surface area (Å²) in [6.45, 7) is 2.79. The number of piperidine rings is 1. The van der Waals surface area contributed by atoms with Gasteiger partial charge in [0, 0.05) is 6.04 Å². The van der Waals surface area contributed by atoms with E-state index in [0.29, 0.717) is 0 Å². The van der Waals surface area contributed by atoms with E-state index in [4.69, 9.17) is 0 Å². The molecule has 0 amide bonds. The summed E-state index contributed by atoms with van der Waals surface area (Å²) in [6, 6.07) is 13.0. The minimum Gasteiger partial charge on any atom is -0.300 e. The predicted molar refractivity (Wildman–Crippen MR) is 78.7 cm³/mol. The van der Waals surface area contributed by atoms with Crippen molar-refractivity contribution in [3.63, 3.8) is 0 Å². The predicted octanol–water partition coefficient (Wildman–Crippen LogP) is 4.49. The molecule has 1 saturated heterocycles. The monoisotopic (exact) mass is 245 g/mol. The minimum atomic E-state index is 0.971. The zero-order chi connectivity index (χ0) is 12.5. The average molecular weight is 245 g/mol. The molecule has 0 N–H and O–H groups in total. The minimum absolute atomic E-state index is 0.971. The molecule has 2 fully saturated rings. The van der Waals surface area contributed by atoms with Gasteiger partial charge in [-0.1, -0.05) is 62.1 Å². The summed E-state index contributed by atoms with van der Waals surface area (Å²) in [6.07, 6.45) is 11.8. The number of rotatable bonds is 1. The molecule has 1 heteroatoms. The lowest BCUT2D eigenvalue weighted by molar-refractivity contribution is 0.131. The first-order valence-electron chi connectivity index (χ1n) is 7.71. The summed E-state index contributed by atoms with van der Waals surface area (Å²) in [5.74, 6) is 0. The van der Waals surface area contributed by atoms with Crippen LogP contribution in [0.1, 0.15) is 51.4 Å². The third kappa shape index (κ3) is 4.81. The fourth-order valence-electron chi connectivity index (χ4n) is 3.11. The van der Waals surface area contributed by atoms with Crippen LogP contribution < -0.4 is 0 Å². The Hall–Kier alpha value is -0.820. The Morgan fingerprint density at radius 1 is 0.556 bits per heavy atom. The summed E-state index contributed by atoms with van der Waals surface area (Å²) in [5, 5.41) is 0. The molecule has 0 aromatic heterocycles. The Morgan fingerprint density at radius 3 is 1.50 bits per heavy atom. The molecule has 1 aliphatic carbocycles. The molecular formula is C17H27N. The van der Waals surface area contributed by atoms with Crippen molar-refractivity contribution in [2.45, 2.75) is 57.4 Å². The van der Waals surface area contributed by atoms with Crippen LogP contribution in [-0.2, 0) is 0 Å². The molecule has 2 aliphatic rings. The third-order valence-corrected chi connectivity index (χ3v) is 4.15. The van der Waals surface area contributed by atoms with Gasteiger partial charge in [0.2, 0.25) is 0 Å². The van der Waals surface area contributed by atoms with E-state index in [1.54, 1.807) is 0 Å². The van der Waals surface area contributed by atoms with E-state index in [0.717, 1.165) is 6.04 Å². The first kappa shape index (κ1) is 13.6. The SMILES string of the molecule is C1CCC(N2CCCCC2)CC1.c1ccccc1. The Morgan fingerprint density at radius 2 is 1.00 bits per heavy atom. The maximum Gasteiger partial charge on any atom is 0.00952 e. The highest BCUT2D eigenvalue weighted by molar-refractivity contribution is 4.99. The van der Waals surface area contributed by atoms with E-state index in [1.165, 1.54) is 64.5 Å². The molecule has 0 unspecified atom stereocenters. The summed E-state index contributed by atoms with van der Waals surface area (Å²) in [7, 11) is 0. The van der Waals surface area contributed by atoms with Gasteiger partial charge in [-0.25, -0.2) is 0 Å². The van der Waals surface area contributed by atoms with Crippen LogP contribution in [0.4, 0.5) is 0 Å². The Bertz CT molecular complexity index is 241. The highest BCUT2D eigenvalue weighted by atomic mass is 15.2. The number of hydrogen-bond donors (Lipinski definition) is 0. The van der Waals surface area contributed by atoms with E-state index < -0.39 is 0 Å². The van der Waals surface area contributed by atoms with Crippen LogP contribution in [0.5, 0.6) is 0 Å². The van der Waals surface area contributed by atoms with Crippen molar-refractivity contribution in [2.24, 2.45) is 0 Å². The molecule has 1 aromatic carbocycles. The lowest BCUT2D eigenvalue weighted by Gasteiger charge is -2.36. The number of hydrogen-bond acceptors (Lipinski definition) is 1. The summed E-state index contributed by atoms with van der Waals surface area (Å²) in [5.41, 5.74) is 0. The zero-order valence-corrected chi connectivity index (χ0v) is 11.6. The first-order chi connectivity index (χ1) is 8.97. The van der Waals surface area contributed by atoms with E-state index in [1.807, 2.05) is 36.4 Å². The molecule has 1 nitrogen and oxygen atoms in total. The van der Waals surface area contributed by atoms with Gasteiger partial charge in [0.1, 0.15) is 0 Å². The van der Waals surface area contributed by atoms with Gasteiger partial charge in [-0.2, -0.15) is 0 Å². The summed E-state index contributed by atoms with van der Waals surface area (Å²) in [4.78, 5) is 2.75. The molecule has 3 rings (SSSR count). The van der Waals surface area contributed by atoms with Crippen LogP contribution in [0.25, 0.3) is 0 Å². The molecule has 1 heterocycles. The van der Waals surface area contributed by atoms with Gasteiger partial charge in [-0.15, -0.1) is 0 Å². The highest BCUT2D eigenvalue weighted by Crippen LogP contribution is 2.24. The molecule has 0 spiro atoms. The van der Waals surface area contributed by atoms with Gasteiger partial charge >= 0.3 is 0 Å². The largest absolute Gasteiger partial charge is 0.300 e. The van der Waals surface area contributed by atoms with Crippen LogP contribution in [-0.4, -0.2) is 24.0 Å². The van der Waals surface area contributed by atoms with Crippen molar-refractivity contribution < 1.29 is 0 Å². The average Bonchev–Trinajstić information content (AvgIpc) is 2.51. The number of nitrogens with zero attached hydrogens (tertiary/aromatic N) is 1. The molecule has 0 bridgehead atoms. The lowest BCUT2D eigenvalue weighted by Crippen LogP contribution is -2.40. The van der Waals surface area contributed by atoms with Crippen LogP contribution in [0.2, 0.25) is 0 Å². The maximum absolute atomic E-state index is 2.75. The highest BCUT2D eigenvalue weighted by Gasteiger charge is 2.21. The molecule has 1 aliphatic heterocycles. The van der Waals surface area contributed by atoms with Gasteiger partial charge in [-0.05, 0) is 38.8 Å². The molecule has 0 atom stereocenters. The fourth-order valence-corrected chi connectivity index (χ4v) is 3.11. The molecule has 1 aromatic rings. The standard InChI is InChI=1S/C11H21N.C6H6/c1-3-7-11(8-4-1)12-9-5-2-6-10-12;1-2-4-6-5-3-1/h11H,1-10H2;1-6H. The zero-order valence-electron chi connectivity index (χ0n) is 11.6. The van der Waals surface area contributed by atoms with E-state index in [-0.39, 0.29) is 0 Å². The first-order valence-corrected chi connectivity index (χ1v) is 7.71.